The predicted molar refractivity (Wildman–Crippen MR) is 72.3 cm³/mol. The van der Waals surface area contributed by atoms with Crippen LogP contribution in [0.15, 0.2) is 24.5 Å². The van der Waals surface area contributed by atoms with E-state index in [9.17, 15) is 10.1 Å². The van der Waals surface area contributed by atoms with Crippen molar-refractivity contribution < 1.29 is 4.92 Å². The maximum Gasteiger partial charge on any atom is 0.269 e. The molecule has 5 nitrogen and oxygen atoms in total. The molecule has 0 fully saturated rings. The molecule has 0 aliphatic heterocycles. The molecule has 0 aliphatic carbocycles. The van der Waals surface area contributed by atoms with Crippen molar-refractivity contribution in [1.29, 1.82) is 0 Å². The van der Waals surface area contributed by atoms with Gasteiger partial charge in [0.15, 0.2) is 0 Å². The lowest BCUT2D eigenvalue weighted by molar-refractivity contribution is -0.384. The van der Waals surface area contributed by atoms with Gasteiger partial charge in [-0.25, -0.2) is 4.98 Å². The molecule has 0 saturated heterocycles. The van der Waals surface area contributed by atoms with Crippen LogP contribution in [0.3, 0.4) is 0 Å². The first-order valence-electron chi connectivity index (χ1n) is 5.38. The van der Waals surface area contributed by atoms with Crippen LogP contribution in [0.1, 0.15) is 17.0 Å². The van der Waals surface area contributed by atoms with Gasteiger partial charge < -0.3 is 4.57 Å². The van der Waals surface area contributed by atoms with E-state index in [4.69, 9.17) is 0 Å². The molecule has 18 heavy (non-hydrogen) atoms. The number of nitro groups is 1. The standard InChI is InChI=1S/C12H12BrN3O2/c1-8-9(2)15(7-14-8)12-4-3-11(16(17)18)5-10(12)6-13/h3-5,7H,6H2,1-2H3. The molecule has 0 atom stereocenters. The van der Waals surface area contributed by atoms with Crippen molar-refractivity contribution in [3.63, 3.8) is 0 Å². The van der Waals surface area contributed by atoms with E-state index < -0.39 is 0 Å². The van der Waals surface area contributed by atoms with E-state index >= 15 is 0 Å². The van der Waals surface area contributed by atoms with Gasteiger partial charge in [0.25, 0.3) is 5.69 Å². The normalized spacial score (nSPS) is 10.6. The van der Waals surface area contributed by atoms with Crippen molar-refractivity contribution >= 4 is 21.6 Å². The zero-order valence-electron chi connectivity index (χ0n) is 10.1. The molecule has 0 spiro atoms. The van der Waals surface area contributed by atoms with Gasteiger partial charge in [-0.15, -0.1) is 0 Å². The third-order valence-electron chi connectivity index (χ3n) is 2.93. The van der Waals surface area contributed by atoms with E-state index in [2.05, 4.69) is 20.9 Å². The second-order valence-electron chi connectivity index (χ2n) is 3.99. The van der Waals surface area contributed by atoms with Crippen molar-refractivity contribution in [2.24, 2.45) is 0 Å². The van der Waals surface area contributed by atoms with Gasteiger partial charge >= 0.3 is 0 Å². The van der Waals surface area contributed by atoms with E-state index in [-0.39, 0.29) is 10.6 Å². The number of hydrogen-bond acceptors (Lipinski definition) is 3. The van der Waals surface area contributed by atoms with Crippen molar-refractivity contribution in [3.05, 3.63) is 51.6 Å². The van der Waals surface area contributed by atoms with Crippen LogP contribution in [-0.2, 0) is 5.33 Å². The van der Waals surface area contributed by atoms with E-state index in [1.807, 2.05) is 18.4 Å². The van der Waals surface area contributed by atoms with Crippen molar-refractivity contribution in [3.8, 4) is 5.69 Å². The van der Waals surface area contributed by atoms with Crippen LogP contribution < -0.4 is 0 Å². The molecule has 6 heteroatoms. The molecule has 0 radical (unpaired) electrons. The van der Waals surface area contributed by atoms with Crippen LogP contribution in [-0.4, -0.2) is 14.5 Å². The molecule has 0 amide bonds. The van der Waals surface area contributed by atoms with Gasteiger partial charge in [0.2, 0.25) is 0 Å². The highest BCUT2D eigenvalue weighted by Gasteiger charge is 2.13. The molecule has 1 aromatic carbocycles. The summed E-state index contributed by atoms with van der Waals surface area (Å²) in [4.78, 5) is 14.6. The van der Waals surface area contributed by atoms with E-state index in [1.54, 1.807) is 18.5 Å². The fourth-order valence-electron chi connectivity index (χ4n) is 1.77. The van der Waals surface area contributed by atoms with Gasteiger partial charge in [-0.05, 0) is 25.5 Å². The number of aromatic nitrogens is 2. The van der Waals surface area contributed by atoms with E-state index in [0.29, 0.717) is 5.33 Å². The summed E-state index contributed by atoms with van der Waals surface area (Å²) in [7, 11) is 0. The van der Waals surface area contributed by atoms with Gasteiger partial charge in [-0.3, -0.25) is 10.1 Å². The fraction of sp³-hybridized carbons (Fsp3) is 0.250. The Kier molecular flexibility index (Phi) is 3.47. The topological polar surface area (TPSA) is 61.0 Å². The molecule has 0 N–H and O–H groups in total. The summed E-state index contributed by atoms with van der Waals surface area (Å²) in [5, 5.41) is 11.3. The summed E-state index contributed by atoms with van der Waals surface area (Å²) in [6.07, 6.45) is 1.73. The number of aryl methyl sites for hydroxylation is 1. The molecule has 0 unspecified atom stereocenters. The van der Waals surface area contributed by atoms with Crippen LogP contribution >= 0.6 is 15.9 Å². The average Bonchev–Trinajstić information content (AvgIpc) is 2.69. The minimum atomic E-state index is -0.387. The highest BCUT2D eigenvalue weighted by Crippen LogP contribution is 2.24. The van der Waals surface area contributed by atoms with E-state index in [1.165, 1.54) is 6.07 Å². The smallest absolute Gasteiger partial charge is 0.269 e. The maximum atomic E-state index is 10.8. The Labute approximate surface area is 113 Å². The number of benzene rings is 1. The first-order valence-corrected chi connectivity index (χ1v) is 6.51. The maximum absolute atomic E-state index is 10.8. The minimum Gasteiger partial charge on any atom is -0.303 e. The Morgan fingerprint density at radius 2 is 2.17 bits per heavy atom. The van der Waals surface area contributed by atoms with Crippen LogP contribution in [0.4, 0.5) is 5.69 Å². The van der Waals surface area contributed by atoms with Crippen LogP contribution in [0, 0.1) is 24.0 Å². The molecule has 1 aromatic heterocycles. The molecule has 0 aliphatic rings. The van der Waals surface area contributed by atoms with Gasteiger partial charge in [0.1, 0.15) is 0 Å². The average molecular weight is 310 g/mol. The zero-order chi connectivity index (χ0) is 13.3. The number of imidazole rings is 1. The summed E-state index contributed by atoms with van der Waals surface area (Å²) in [5.74, 6) is 0. The zero-order valence-corrected chi connectivity index (χ0v) is 11.6. The first kappa shape index (κ1) is 12.8. The Hall–Kier alpha value is -1.69. The molecule has 1 heterocycles. The number of hydrogen-bond donors (Lipinski definition) is 0. The number of alkyl halides is 1. The summed E-state index contributed by atoms with van der Waals surface area (Å²) in [6, 6.07) is 4.85. The van der Waals surface area contributed by atoms with Gasteiger partial charge in [-0.2, -0.15) is 0 Å². The quantitative estimate of drug-likeness (QED) is 0.496. The SMILES string of the molecule is Cc1ncn(-c2ccc([N+](=O)[O-])cc2CBr)c1C. The summed E-state index contributed by atoms with van der Waals surface area (Å²) < 4.78 is 1.94. The lowest BCUT2D eigenvalue weighted by atomic mass is 10.1. The molecule has 0 bridgehead atoms. The Bertz CT molecular complexity index is 607. The number of nitrogens with zero attached hydrogens (tertiary/aromatic N) is 3. The lowest BCUT2D eigenvalue weighted by Gasteiger charge is -2.10. The minimum absolute atomic E-state index is 0.0997. The number of rotatable bonds is 3. The Morgan fingerprint density at radius 3 is 2.67 bits per heavy atom. The number of nitro benzene ring substituents is 1. The van der Waals surface area contributed by atoms with Crippen molar-refractivity contribution in [2.45, 2.75) is 19.2 Å². The first-order chi connectivity index (χ1) is 8.54. The predicted octanol–water partition coefficient (Wildman–Crippen LogP) is 3.29. The number of halogens is 1. The Morgan fingerprint density at radius 1 is 1.44 bits per heavy atom. The lowest BCUT2D eigenvalue weighted by Crippen LogP contribution is -2.00. The highest BCUT2D eigenvalue weighted by molar-refractivity contribution is 9.08. The van der Waals surface area contributed by atoms with Crippen LogP contribution in [0.5, 0.6) is 0 Å². The molecular weight excluding hydrogens is 298 g/mol. The second-order valence-corrected chi connectivity index (χ2v) is 4.55. The van der Waals surface area contributed by atoms with Crippen LogP contribution in [0.2, 0.25) is 0 Å². The molecular formula is C12H12BrN3O2. The molecule has 2 rings (SSSR count). The molecule has 2 aromatic rings. The largest absolute Gasteiger partial charge is 0.303 e. The monoisotopic (exact) mass is 309 g/mol. The second kappa shape index (κ2) is 4.89. The molecule has 0 saturated carbocycles. The third kappa shape index (κ3) is 2.15. The molecule has 94 valence electrons. The summed E-state index contributed by atoms with van der Waals surface area (Å²) in [5.41, 5.74) is 3.86. The van der Waals surface area contributed by atoms with Gasteiger partial charge in [0, 0.05) is 23.2 Å². The summed E-state index contributed by atoms with van der Waals surface area (Å²) in [6.45, 7) is 3.91. The summed E-state index contributed by atoms with van der Waals surface area (Å²) >= 11 is 3.36. The van der Waals surface area contributed by atoms with Gasteiger partial charge in [0.05, 0.1) is 22.6 Å². The van der Waals surface area contributed by atoms with Crippen LogP contribution in [0.25, 0.3) is 5.69 Å². The van der Waals surface area contributed by atoms with Crippen molar-refractivity contribution in [2.75, 3.05) is 0 Å². The highest BCUT2D eigenvalue weighted by atomic mass is 79.9. The van der Waals surface area contributed by atoms with Crippen molar-refractivity contribution in [1.82, 2.24) is 9.55 Å². The Balaban J connectivity index is 2.58. The van der Waals surface area contributed by atoms with E-state index in [0.717, 1.165) is 22.6 Å². The fourth-order valence-corrected chi connectivity index (χ4v) is 2.22. The third-order valence-corrected chi connectivity index (χ3v) is 3.53. The number of non-ortho nitro benzene ring substituents is 1. The van der Waals surface area contributed by atoms with Gasteiger partial charge in [-0.1, -0.05) is 15.9 Å².